The van der Waals surface area contributed by atoms with Gasteiger partial charge < -0.3 is 15.6 Å². The zero-order valence-electron chi connectivity index (χ0n) is 21.2. The molecule has 1 aliphatic rings. The Hall–Kier alpha value is -4.78. The van der Waals surface area contributed by atoms with Crippen LogP contribution in [0.25, 0.3) is 27.5 Å². The molecule has 1 aliphatic heterocycles. The lowest BCUT2D eigenvalue weighted by Gasteiger charge is -2.23. The highest BCUT2D eigenvalue weighted by Gasteiger charge is 2.31. The average Bonchev–Trinajstić information content (AvgIpc) is 3.74. The number of nitrogens with zero attached hydrogens (tertiary/aromatic N) is 8. The van der Waals surface area contributed by atoms with Gasteiger partial charge in [0, 0.05) is 41.1 Å². The van der Waals surface area contributed by atoms with E-state index >= 15 is 0 Å². The first-order valence-corrected chi connectivity index (χ1v) is 13.2. The zero-order valence-corrected chi connectivity index (χ0v) is 22.0. The van der Waals surface area contributed by atoms with Gasteiger partial charge in [0.2, 0.25) is 5.82 Å². The van der Waals surface area contributed by atoms with Crippen LogP contribution in [0.5, 0.6) is 0 Å². The lowest BCUT2D eigenvalue weighted by atomic mass is 10.0. The molecule has 5 aromatic heterocycles. The first-order valence-electron chi connectivity index (χ1n) is 12.3. The van der Waals surface area contributed by atoms with Crippen LogP contribution < -0.4 is 5.73 Å². The summed E-state index contributed by atoms with van der Waals surface area (Å²) in [6.45, 7) is 3.45. The molecule has 0 spiro atoms. The molecule has 0 saturated carbocycles. The third kappa shape index (κ3) is 4.46. The normalized spacial score (nSPS) is 15.2. The highest BCUT2D eigenvalue weighted by atomic mass is 32.1. The van der Waals surface area contributed by atoms with Gasteiger partial charge in [-0.1, -0.05) is 11.6 Å². The molecule has 6 rings (SSSR count). The summed E-state index contributed by atoms with van der Waals surface area (Å²) in [4.78, 5) is 43.8. The van der Waals surface area contributed by atoms with Gasteiger partial charge in [-0.25, -0.2) is 9.97 Å². The van der Waals surface area contributed by atoms with Crippen molar-refractivity contribution in [1.82, 2.24) is 44.6 Å². The molecular weight excluding hydrogens is 516 g/mol. The third-order valence-corrected chi connectivity index (χ3v) is 7.51. The number of hydrogen-bond donors (Lipinski definition) is 2. The van der Waals surface area contributed by atoms with Crippen LogP contribution in [-0.2, 0) is 6.42 Å². The summed E-state index contributed by atoms with van der Waals surface area (Å²) in [5.41, 5.74) is 11.3. The Labute approximate surface area is 226 Å². The number of pyridine rings is 1. The van der Waals surface area contributed by atoms with E-state index in [-0.39, 0.29) is 29.4 Å². The Morgan fingerprint density at radius 1 is 1.23 bits per heavy atom. The number of aromatic nitrogens is 8. The Morgan fingerprint density at radius 3 is 2.79 bits per heavy atom. The number of nitrogen functional groups attached to an aromatic ring is 1. The summed E-state index contributed by atoms with van der Waals surface area (Å²) in [6.07, 6.45) is 10.1. The van der Waals surface area contributed by atoms with Crippen LogP contribution in [0.15, 0.2) is 54.2 Å². The Balaban J connectivity index is 1.32. The summed E-state index contributed by atoms with van der Waals surface area (Å²) in [5.74, 6) is -0.0384. The molecule has 1 amide bonds. The predicted octanol–water partition coefficient (Wildman–Crippen LogP) is 3.57. The predicted molar refractivity (Wildman–Crippen MR) is 145 cm³/mol. The van der Waals surface area contributed by atoms with E-state index < -0.39 is 0 Å². The van der Waals surface area contributed by atoms with Gasteiger partial charge >= 0.3 is 0 Å². The second-order valence-corrected chi connectivity index (χ2v) is 10.3. The number of fused-ring (bicyclic) bond motifs is 1. The minimum atomic E-state index is -0.254. The van der Waals surface area contributed by atoms with Gasteiger partial charge in [-0.15, -0.1) is 21.5 Å². The number of carbonyl (C=O) groups is 2. The van der Waals surface area contributed by atoms with E-state index in [4.69, 9.17) is 10.7 Å². The quantitative estimate of drug-likeness (QED) is 0.294. The smallest absolute Gasteiger partial charge is 0.295 e. The molecular formula is C26H24N10O2S. The van der Waals surface area contributed by atoms with Crippen molar-refractivity contribution in [2.24, 2.45) is 0 Å². The molecule has 5 aromatic rings. The van der Waals surface area contributed by atoms with Crippen molar-refractivity contribution in [3.63, 3.8) is 0 Å². The number of nitrogens with one attached hydrogen (secondary N) is 1. The molecule has 12 nitrogen and oxygen atoms in total. The van der Waals surface area contributed by atoms with Crippen LogP contribution in [-0.4, -0.2) is 62.4 Å². The number of thiazole rings is 1. The van der Waals surface area contributed by atoms with E-state index in [1.807, 2.05) is 30.6 Å². The fourth-order valence-electron chi connectivity index (χ4n) is 4.93. The fourth-order valence-corrected chi connectivity index (χ4v) is 5.54. The van der Waals surface area contributed by atoms with Crippen LogP contribution >= 0.6 is 11.3 Å². The topological polar surface area (TPSA) is 161 Å². The van der Waals surface area contributed by atoms with Crippen LogP contribution in [0, 0.1) is 0 Å². The number of rotatable bonds is 7. The first kappa shape index (κ1) is 24.6. The zero-order chi connectivity index (χ0) is 27.1. The third-order valence-electron chi connectivity index (χ3n) is 6.71. The SMILES string of the molecule is CC(=O)c1c(CCC2CC(C)=CN2C(=O)c2nnc[nH]2)nc2c(-c3ccc(-c4nccs4)nc3)cnn2c1N. The second kappa shape index (κ2) is 9.83. The number of ketones is 1. The molecule has 1 unspecified atom stereocenters. The van der Waals surface area contributed by atoms with Crippen molar-refractivity contribution in [3.8, 4) is 21.8 Å². The summed E-state index contributed by atoms with van der Waals surface area (Å²) < 4.78 is 1.49. The Kier molecular flexibility index (Phi) is 6.19. The summed E-state index contributed by atoms with van der Waals surface area (Å²) in [5, 5.41) is 14.7. The maximum absolute atomic E-state index is 13.0. The minimum Gasteiger partial charge on any atom is -0.383 e. The highest BCUT2D eigenvalue weighted by Crippen LogP contribution is 2.31. The van der Waals surface area contributed by atoms with Crippen molar-refractivity contribution < 1.29 is 9.59 Å². The number of carbonyl (C=O) groups excluding carboxylic acids is 2. The number of H-pyrrole nitrogens is 1. The maximum Gasteiger partial charge on any atom is 0.295 e. The van der Waals surface area contributed by atoms with Crippen LogP contribution in [0.4, 0.5) is 5.82 Å². The number of aromatic amines is 1. The van der Waals surface area contributed by atoms with Crippen LogP contribution in [0.2, 0.25) is 0 Å². The molecule has 13 heteroatoms. The van der Waals surface area contributed by atoms with Crippen molar-refractivity contribution in [3.05, 3.63) is 71.3 Å². The highest BCUT2D eigenvalue weighted by molar-refractivity contribution is 7.13. The fraction of sp³-hybridized carbons (Fsp3) is 0.231. The minimum absolute atomic E-state index is 0.117. The molecule has 0 fully saturated rings. The van der Waals surface area contributed by atoms with E-state index in [9.17, 15) is 9.59 Å². The molecule has 6 heterocycles. The van der Waals surface area contributed by atoms with E-state index in [0.717, 1.165) is 27.4 Å². The lowest BCUT2D eigenvalue weighted by molar-refractivity contribution is 0.0767. The van der Waals surface area contributed by atoms with Gasteiger partial charge in [-0.3, -0.25) is 14.6 Å². The first-order chi connectivity index (χ1) is 18.9. The number of anilines is 1. The van der Waals surface area contributed by atoms with Crippen molar-refractivity contribution in [1.29, 1.82) is 0 Å². The van der Waals surface area contributed by atoms with Crippen molar-refractivity contribution in [2.45, 2.75) is 39.2 Å². The van der Waals surface area contributed by atoms with Crippen molar-refractivity contribution >= 4 is 34.5 Å². The van der Waals surface area contributed by atoms with E-state index in [0.29, 0.717) is 36.2 Å². The van der Waals surface area contributed by atoms with Crippen LogP contribution in [0.1, 0.15) is 53.4 Å². The molecule has 39 heavy (non-hydrogen) atoms. The van der Waals surface area contributed by atoms with Gasteiger partial charge in [-0.05, 0) is 39.2 Å². The van der Waals surface area contributed by atoms with E-state index in [2.05, 4.69) is 30.2 Å². The van der Waals surface area contributed by atoms with E-state index in [1.54, 1.807) is 23.5 Å². The number of Topliss-reactive ketones (excluding diaryl/α,β-unsaturated/α-hetero) is 1. The molecule has 3 N–H and O–H groups in total. The van der Waals surface area contributed by atoms with E-state index in [1.165, 1.54) is 29.1 Å². The molecule has 0 aliphatic carbocycles. The monoisotopic (exact) mass is 540 g/mol. The van der Waals surface area contributed by atoms with Gasteiger partial charge in [0.15, 0.2) is 11.4 Å². The molecule has 1 atom stereocenters. The van der Waals surface area contributed by atoms with Gasteiger partial charge in [0.05, 0.1) is 23.1 Å². The van der Waals surface area contributed by atoms with Crippen molar-refractivity contribution in [2.75, 3.05) is 5.73 Å². The van der Waals surface area contributed by atoms with Gasteiger partial charge in [0.1, 0.15) is 17.2 Å². The number of nitrogens with two attached hydrogens (primary N) is 1. The van der Waals surface area contributed by atoms with Gasteiger partial charge in [0.25, 0.3) is 5.91 Å². The van der Waals surface area contributed by atoms with Gasteiger partial charge in [-0.2, -0.15) is 9.61 Å². The Bertz CT molecular complexity index is 1710. The standard InChI is InChI=1S/C26H24N10O2S/c1-14-9-17(35(12-14)26(38)23-30-13-31-34-23)4-6-19-21(15(2)37)22(27)36-24(33-19)18(11-32-36)16-3-5-20(29-10-16)25-28-7-8-39-25/h3,5,7-8,10-13,17H,4,6,9,27H2,1-2H3,(H,30,31,34). The lowest BCUT2D eigenvalue weighted by Crippen LogP contribution is -2.34. The number of aryl methyl sites for hydroxylation is 1. The second-order valence-electron chi connectivity index (χ2n) is 9.36. The molecule has 0 aromatic carbocycles. The molecule has 0 bridgehead atoms. The van der Waals surface area contributed by atoms with Crippen LogP contribution in [0.3, 0.4) is 0 Å². The molecule has 196 valence electrons. The maximum atomic E-state index is 13.0. The summed E-state index contributed by atoms with van der Waals surface area (Å²) >= 11 is 1.52. The Morgan fingerprint density at radius 2 is 2.10 bits per heavy atom. The largest absolute Gasteiger partial charge is 0.383 e. The number of amides is 1. The molecule has 0 saturated heterocycles. The average molecular weight is 541 g/mol. The molecule has 0 radical (unpaired) electrons. The summed E-state index contributed by atoms with van der Waals surface area (Å²) in [7, 11) is 0. The number of hydrogen-bond acceptors (Lipinski definition) is 10. The summed E-state index contributed by atoms with van der Waals surface area (Å²) in [6, 6.07) is 3.73.